The molecule has 2 aromatic heterocycles. The second-order valence-corrected chi connectivity index (χ2v) is 9.86. The first-order valence-corrected chi connectivity index (χ1v) is 13.1. The molecule has 4 rings (SSSR count). The lowest BCUT2D eigenvalue weighted by molar-refractivity contribution is -0.122. The third kappa shape index (κ3) is 6.14. The summed E-state index contributed by atoms with van der Waals surface area (Å²) in [6, 6.07) is 10.1. The van der Waals surface area contributed by atoms with E-state index in [0.717, 1.165) is 47.9 Å². The van der Waals surface area contributed by atoms with Crippen LogP contribution in [0.1, 0.15) is 50.8 Å². The van der Waals surface area contributed by atoms with Crippen LogP contribution < -0.4 is 15.0 Å². The van der Waals surface area contributed by atoms with Gasteiger partial charge < -0.3 is 15.0 Å². The Hall–Kier alpha value is -3.07. The molecule has 3 aromatic rings. The summed E-state index contributed by atoms with van der Waals surface area (Å²) >= 11 is 1.48. The summed E-state index contributed by atoms with van der Waals surface area (Å²) in [7, 11) is 1.63. The van der Waals surface area contributed by atoms with Crippen molar-refractivity contribution in [3.8, 4) is 5.75 Å². The Morgan fingerprint density at radius 3 is 2.49 bits per heavy atom. The maximum atomic E-state index is 12.5. The molecular weight excluding hydrogens is 460 g/mol. The van der Waals surface area contributed by atoms with Gasteiger partial charge in [-0.3, -0.25) is 9.89 Å². The summed E-state index contributed by atoms with van der Waals surface area (Å²) in [5, 5.41) is 11.1. The minimum Gasteiger partial charge on any atom is -0.490 e. The topological polar surface area (TPSA) is 96.0 Å². The highest BCUT2D eigenvalue weighted by Crippen LogP contribution is 2.38. The number of ketones is 1. The highest BCUT2D eigenvalue weighted by molar-refractivity contribution is 7.99. The molecule has 1 aliphatic rings. The van der Waals surface area contributed by atoms with Crippen molar-refractivity contribution >= 4 is 35.0 Å². The summed E-state index contributed by atoms with van der Waals surface area (Å²) in [5.74, 6) is 3.17. The SMILES string of the molecule is CCN(CC)c1nc(Sc2ccc(CC(=O)C3CCCC3)cc2)nc(Nc2cc(C)[nH]n2)c1OC. The lowest BCUT2D eigenvalue weighted by Crippen LogP contribution is -2.24. The van der Waals surface area contributed by atoms with E-state index < -0.39 is 0 Å². The number of carbonyl (C=O) groups excluding carboxylic acids is 1. The number of carbonyl (C=O) groups is 1. The molecule has 2 heterocycles. The van der Waals surface area contributed by atoms with Gasteiger partial charge in [-0.05, 0) is 63.1 Å². The summed E-state index contributed by atoms with van der Waals surface area (Å²) in [6.45, 7) is 7.71. The molecule has 1 fully saturated rings. The van der Waals surface area contributed by atoms with Gasteiger partial charge in [-0.15, -0.1) is 0 Å². The van der Waals surface area contributed by atoms with Gasteiger partial charge in [0, 0.05) is 42.1 Å². The van der Waals surface area contributed by atoms with E-state index in [0.29, 0.717) is 34.7 Å². The molecule has 1 saturated carbocycles. The van der Waals surface area contributed by atoms with Gasteiger partial charge in [0.05, 0.1) is 7.11 Å². The van der Waals surface area contributed by atoms with E-state index in [1.165, 1.54) is 24.6 Å². The molecule has 2 N–H and O–H groups in total. The Kier molecular flexibility index (Phi) is 8.28. The number of H-pyrrole nitrogens is 1. The van der Waals surface area contributed by atoms with Gasteiger partial charge in [-0.25, -0.2) is 9.97 Å². The molecule has 35 heavy (non-hydrogen) atoms. The standard InChI is InChI=1S/C26H34N6O2S/c1-5-32(6-2)25-23(34-4)24(27-22-15-17(3)30-31-22)28-26(29-25)35-20-13-11-18(12-14-20)16-21(33)19-9-7-8-10-19/h11-15,19H,5-10,16H2,1-4H3,(H2,27,28,29,30,31). The molecule has 1 aliphatic carbocycles. The molecule has 1 aromatic carbocycles. The second-order valence-electron chi connectivity index (χ2n) is 8.82. The van der Waals surface area contributed by atoms with Crippen LogP contribution in [0.4, 0.5) is 17.5 Å². The molecule has 0 amide bonds. The lowest BCUT2D eigenvalue weighted by atomic mass is 9.97. The number of hydrogen-bond acceptors (Lipinski definition) is 8. The average molecular weight is 495 g/mol. The van der Waals surface area contributed by atoms with E-state index in [-0.39, 0.29) is 5.92 Å². The number of nitrogens with one attached hydrogen (secondary N) is 2. The fourth-order valence-electron chi connectivity index (χ4n) is 4.45. The number of aromatic nitrogens is 4. The molecule has 9 heteroatoms. The van der Waals surface area contributed by atoms with Gasteiger partial charge in [0.2, 0.25) is 5.75 Å². The van der Waals surface area contributed by atoms with Crippen LogP contribution in [0.15, 0.2) is 40.4 Å². The van der Waals surface area contributed by atoms with Gasteiger partial charge in [-0.2, -0.15) is 5.10 Å². The lowest BCUT2D eigenvalue weighted by Gasteiger charge is -2.23. The smallest absolute Gasteiger partial charge is 0.204 e. The van der Waals surface area contributed by atoms with Crippen molar-refractivity contribution in [2.45, 2.75) is 62.9 Å². The molecule has 0 bridgehead atoms. The number of nitrogens with zero attached hydrogens (tertiary/aromatic N) is 4. The van der Waals surface area contributed by atoms with Crippen LogP contribution in [0.3, 0.4) is 0 Å². The molecule has 0 spiro atoms. The number of anilines is 3. The predicted molar refractivity (Wildman–Crippen MR) is 140 cm³/mol. The molecule has 0 radical (unpaired) electrons. The average Bonchev–Trinajstić information content (AvgIpc) is 3.53. The van der Waals surface area contributed by atoms with E-state index in [2.05, 4.69) is 34.3 Å². The fourth-order valence-corrected chi connectivity index (χ4v) is 5.20. The first-order valence-electron chi connectivity index (χ1n) is 12.3. The van der Waals surface area contributed by atoms with Crippen molar-refractivity contribution in [3.63, 3.8) is 0 Å². The molecule has 0 aliphatic heterocycles. The molecular formula is C26H34N6O2S. The van der Waals surface area contributed by atoms with Crippen molar-refractivity contribution in [2.24, 2.45) is 5.92 Å². The summed E-state index contributed by atoms with van der Waals surface area (Å²) < 4.78 is 5.73. The Labute approximate surface area is 211 Å². The Morgan fingerprint density at radius 2 is 1.89 bits per heavy atom. The number of aromatic amines is 1. The van der Waals surface area contributed by atoms with Crippen molar-refractivity contribution in [1.82, 2.24) is 20.2 Å². The molecule has 0 unspecified atom stereocenters. The zero-order valence-corrected chi connectivity index (χ0v) is 21.7. The molecule has 8 nitrogen and oxygen atoms in total. The highest BCUT2D eigenvalue weighted by Gasteiger charge is 2.23. The normalized spacial score (nSPS) is 13.7. The number of benzene rings is 1. The largest absolute Gasteiger partial charge is 0.490 e. The maximum absolute atomic E-state index is 12.5. The summed E-state index contributed by atoms with van der Waals surface area (Å²) in [4.78, 5) is 25.3. The second kappa shape index (κ2) is 11.6. The molecule has 0 atom stereocenters. The van der Waals surface area contributed by atoms with E-state index in [4.69, 9.17) is 14.7 Å². The Balaban J connectivity index is 1.57. The van der Waals surface area contributed by atoms with Crippen molar-refractivity contribution in [1.29, 1.82) is 0 Å². The molecule has 186 valence electrons. The summed E-state index contributed by atoms with van der Waals surface area (Å²) in [5.41, 5.74) is 2.01. The third-order valence-corrected chi connectivity index (χ3v) is 7.24. The van der Waals surface area contributed by atoms with Crippen LogP contribution in [-0.2, 0) is 11.2 Å². The zero-order chi connectivity index (χ0) is 24.8. The van der Waals surface area contributed by atoms with Crippen LogP contribution in [0.2, 0.25) is 0 Å². The molecule has 0 saturated heterocycles. The first-order chi connectivity index (χ1) is 17.0. The minimum atomic E-state index is 0.250. The van der Waals surface area contributed by atoms with E-state index in [9.17, 15) is 4.79 Å². The number of Topliss-reactive ketones (excluding diaryl/α,β-unsaturated/α-hetero) is 1. The monoisotopic (exact) mass is 494 g/mol. The predicted octanol–water partition coefficient (Wildman–Crippen LogP) is 5.56. The van der Waals surface area contributed by atoms with E-state index in [1.54, 1.807) is 7.11 Å². The fraction of sp³-hybridized carbons (Fsp3) is 0.462. The van der Waals surface area contributed by atoms with Gasteiger partial charge in [0.1, 0.15) is 5.78 Å². The zero-order valence-electron chi connectivity index (χ0n) is 20.9. The van der Waals surface area contributed by atoms with Gasteiger partial charge in [0.15, 0.2) is 22.6 Å². The Bertz CT molecular complexity index is 1140. The summed E-state index contributed by atoms with van der Waals surface area (Å²) in [6.07, 6.45) is 4.97. The van der Waals surface area contributed by atoms with Gasteiger partial charge in [0.25, 0.3) is 0 Å². The van der Waals surface area contributed by atoms with E-state index >= 15 is 0 Å². The van der Waals surface area contributed by atoms with Crippen LogP contribution in [-0.4, -0.2) is 46.1 Å². The Morgan fingerprint density at radius 1 is 1.17 bits per heavy atom. The highest BCUT2D eigenvalue weighted by atomic mass is 32.2. The van der Waals surface area contributed by atoms with Crippen LogP contribution in [0.25, 0.3) is 0 Å². The van der Waals surface area contributed by atoms with E-state index in [1.807, 2.05) is 37.3 Å². The van der Waals surface area contributed by atoms with Crippen LogP contribution in [0.5, 0.6) is 5.75 Å². The van der Waals surface area contributed by atoms with Crippen molar-refractivity contribution in [2.75, 3.05) is 30.4 Å². The van der Waals surface area contributed by atoms with Crippen LogP contribution >= 0.6 is 11.8 Å². The third-order valence-electron chi connectivity index (χ3n) is 6.37. The van der Waals surface area contributed by atoms with Crippen molar-refractivity contribution < 1.29 is 9.53 Å². The van der Waals surface area contributed by atoms with Crippen molar-refractivity contribution in [3.05, 3.63) is 41.6 Å². The number of ether oxygens (including phenoxy) is 1. The minimum absolute atomic E-state index is 0.250. The first kappa shape index (κ1) is 25.0. The maximum Gasteiger partial charge on any atom is 0.204 e. The number of methoxy groups -OCH3 is 1. The number of aryl methyl sites for hydroxylation is 1. The van der Waals surface area contributed by atoms with Gasteiger partial charge >= 0.3 is 0 Å². The quantitative estimate of drug-likeness (QED) is 0.335. The number of hydrogen-bond donors (Lipinski definition) is 2. The number of rotatable bonds is 11. The van der Waals surface area contributed by atoms with Gasteiger partial charge in [-0.1, -0.05) is 25.0 Å². The van der Waals surface area contributed by atoms with Crippen LogP contribution in [0, 0.1) is 12.8 Å².